The molecule has 2 heterocycles. The van der Waals surface area contributed by atoms with Crippen molar-refractivity contribution >= 4 is 29.0 Å². The molecule has 0 spiro atoms. The van der Waals surface area contributed by atoms with E-state index in [1.54, 1.807) is 11.3 Å². The largest absolute Gasteiger partial charge is 0.416 e. The van der Waals surface area contributed by atoms with E-state index in [2.05, 4.69) is 20.5 Å². The molecular weight excluding hydrogens is 296 g/mol. The third kappa shape index (κ3) is 4.04. The minimum atomic E-state index is -0.259. The number of aromatic nitrogens is 3. The topological polar surface area (TPSA) is 80.9 Å². The lowest BCUT2D eigenvalue weighted by molar-refractivity contribution is -0.120. The maximum atomic E-state index is 11.6. The summed E-state index contributed by atoms with van der Waals surface area (Å²) < 4.78 is 5.52. The van der Waals surface area contributed by atoms with Crippen LogP contribution >= 0.6 is 23.1 Å². The summed E-state index contributed by atoms with van der Waals surface area (Å²) in [7, 11) is 0. The quantitative estimate of drug-likeness (QED) is 0.822. The second kappa shape index (κ2) is 6.85. The number of nitrogens with zero attached hydrogens (tertiary/aromatic N) is 3. The van der Waals surface area contributed by atoms with Crippen LogP contribution in [0, 0.1) is 6.92 Å². The lowest BCUT2D eigenvalue weighted by Crippen LogP contribution is -2.30. The first-order valence-electron chi connectivity index (χ1n) is 6.26. The Morgan fingerprint density at radius 3 is 3.00 bits per heavy atom. The average molecular weight is 312 g/mol. The van der Waals surface area contributed by atoms with Gasteiger partial charge in [0.05, 0.1) is 22.4 Å². The zero-order chi connectivity index (χ0) is 14.5. The molecule has 0 saturated carbocycles. The highest BCUT2D eigenvalue weighted by Crippen LogP contribution is 2.22. The van der Waals surface area contributed by atoms with E-state index >= 15 is 0 Å². The molecule has 0 aliphatic rings. The van der Waals surface area contributed by atoms with Gasteiger partial charge in [0.25, 0.3) is 5.22 Å². The summed E-state index contributed by atoms with van der Waals surface area (Å²) in [6, 6.07) is 0. The fourth-order valence-electron chi connectivity index (χ4n) is 1.52. The molecule has 0 aliphatic heterocycles. The maximum absolute atomic E-state index is 11.6. The zero-order valence-electron chi connectivity index (χ0n) is 11.5. The van der Waals surface area contributed by atoms with Gasteiger partial charge < -0.3 is 9.73 Å². The van der Waals surface area contributed by atoms with Gasteiger partial charge in [-0.25, -0.2) is 4.98 Å². The van der Waals surface area contributed by atoms with E-state index in [-0.39, 0.29) is 11.2 Å². The van der Waals surface area contributed by atoms with Crippen LogP contribution < -0.4 is 5.32 Å². The van der Waals surface area contributed by atoms with Crippen molar-refractivity contribution in [2.45, 2.75) is 37.7 Å². The van der Waals surface area contributed by atoms with Crippen LogP contribution in [-0.4, -0.2) is 32.9 Å². The molecule has 0 aliphatic carbocycles. The molecule has 0 saturated heterocycles. The van der Waals surface area contributed by atoms with Crippen molar-refractivity contribution in [1.82, 2.24) is 20.5 Å². The third-order valence-electron chi connectivity index (χ3n) is 2.45. The summed E-state index contributed by atoms with van der Waals surface area (Å²) in [6.45, 7) is 6.26. The van der Waals surface area contributed by atoms with E-state index in [1.165, 1.54) is 11.8 Å². The van der Waals surface area contributed by atoms with Gasteiger partial charge in [0.15, 0.2) is 0 Å². The zero-order valence-corrected chi connectivity index (χ0v) is 13.2. The molecule has 0 unspecified atom stereocenters. The molecule has 20 heavy (non-hydrogen) atoms. The Morgan fingerprint density at radius 1 is 1.55 bits per heavy atom. The molecule has 0 aromatic carbocycles. The molecule has 0 bridgehead atoms. The monoisotopic (exact) mass is 312 g/mol. The number of hydrogen-bond acceptors (Lipinski definition) is 7. The Bertz CT molecular complexity index is 582. The lowest BCUT2D eigenvalue weighted by Gasteiger charge is -2.07. The van der Waals surface area contributed by atoms with Gasteiger partial charge in [-0.2, -0.15) is 0 Å². The number of thiazole rings is 1. The molecule has 6 nitrogen and oxygen atoms in total. The number of carbonyl (C=O) groups excluding carboxylic acids is 1. The van der Waals surface area contributed by atoms with E-state index in [0.717, 1.165) is 10.7 Å². The van der Waals surface area contributed by atoms with E-state index in [9.17, 15) is 4.79 Å². The molecule has 2 aromatic heterocycles. The predicted molar refractivity (Wildman–Crippen MR) is 78.0 cm³/mol. The van der Waals surface area contributed by atoms with Crippen molar-refractivity contribution in [2.75, 3.05) is 6.54 Å². The minimum absolute atomic E-state index is 0.0348. The summed E-state index contributed by atoms with van der Waals surface area (Å²) in [5, 5.41) is 13.8. The Morgan fingerprint density at radius 2 is 2.35 bits per heavy atom. The summed E-state index contributed by atoms with van der Waals surface area (Å²) in [5.41, 5.74) is 0.921. The van der Waals surface area contributed by atoms with Crippen molar-refractivity contribution in [3.63, 3.8) is 0 Å². The number of hydrogen-bond donors (Lipinski definition) is 1. The second-order valence-electron chi connectivity index (χ2n) is 4.15. The van der Waals surface area contributed by atoms with Crippen molar-refractivity contribution in [1.29, 1.82) is 0 Å². The van der Waals surface area contributed by atoms with Gasteiger partial charge >= 0.3 is 0 Å². The Kier molecular flexibility index (Phi) is 5.13. The predicted octanol–water partition coefficient (Wildman–Crippen LogP) is 2.04. The molecule has 1 N–H and O–H groups in total. The van der Waals surface area contributed by atoms with Gasteiger partial charge in [0, 0.05) is 11.9 Å². The van der Waals surface area contributed by atoms with Crippen LogP contribution in [0.4, 0.5) is 0 Å². The molecule has 8 heteroatoms. The Balaban J connectivity index is 1.93. The van der Waals surface area contributed by atoms with Gasteiger partial charge in [-0.15, -0.1) is 21.5 Å². The van der Waals surface area contributed by atoms with Crippen LogP contribution in [0.2, 0.25) is 0 Å². The Labute approximate surface area is 125 Å². The second-order valence-corrected chi connectivity index (χ2v) is 6.51. The molecule has 1 atom stereocenters. The van der Waals surface area contributed by atoms with Crippen LogP contribution in [-0.2, 0) is 11.2 Å². The van der Waals surface area contributed by atoms with E-state index < -0.39 is 0 Å². The number of carbonyl (C=O) groups is 1. The molecule has 2 aromatic rings. The molecular formula is C12H16N4O2S2. The SMILES string of the molecule is CCNC(=O)[C@H](C)Sc1nnc(Cc2csc(C)n2)o1. The van der Waals surface area contributed by atoms with Crippen molar-refractivity contribution < 1.29 is 9.21 Å². The number of aryl methyl sites for hydroxylation is 1. The number of amides is 1. The van der Waals surface area contributed by atoms with Crippen molar-refractivity contribution in [2.24, 2.45) is 0 Å². The van der Waals surface area contributed by atoms with Gasteiger partial charge in [-0.3, -0.25) is 4.79 Å². The smallest absolute Gasteiger partial charge is 0.277 e. The van der Waals surface area contributed by atoms with Crippen molar-refractivity contribution in [3.8, 4) is 0 Å². The van der Waals surface area contributed by atoms with Crippen LogP contribution in [0.3, 0.4) is 0 Å². The van der Waals surface area contributed by atoms with Gasteiger partial charge in [0.2, 0.25) is 11.8 Å². The highest BCUT2D eigenvalue weighted by Gasteiger charge is 2.17. The van der Waals surface area contributed by atoms with E-state index in [1.807, 2.05) is 26.2 Å². The first-order valence-corrected chi connectivity index (χ1v) is 8.02. The number of thioether (sulfide) groups is 1. The van der Waals surface area contributed by atoms with Crippen LogP contribution in [0.25, 0.3) is 0 Å². The van der Waals surface area contributed by atoms with Crippen LogP contribution in [0.15, 0.2) is 15.0 Å². The highest BCUT2D eigenvalue weighted by atomic mass is 32.2. The average Bonchev–Trinajstić information content (AvgIpc) is 3.00. The first kappa shape index (κ1) is 15.0. The maximum Gasteiger partial charge on any atom is 0.277 e. The summed E-state index contributed by atoms with van der Waals surface area (Å²) in [4.78, 5) is 16.0. The molecule has 0 fully saturated rings. The molecule has 0 radical (unpaired) electrons. The standard InChI is InChI=1S/C12H16N4O2S2/c1-4-13-11(17)7(2)20-12-16-15-10(18-12)5-9-6-19-8(3)14-9/h6-7H,4-5H2,1-3H3,(H,13,17)/t7-/m0/s1. The highest BCUT2D eigenvalue weighted by molar-refractivity contribution is 8.00. The van der Waals surface area contributed by atoms with Crippen LogP contribution in [0.5, 0.6) is 0 Å². The Hall–Kier alpha value is -1.41. The lowest BCUT2D eigenvalue weighted by atomic mass is 10.3. The molecule has 108 valence electrons. The number of rotatable bonds is 6. The van der Waals surface area contributed by atoms with Crippen molar-refractivity contribution in [3.05, 3.63) is 22.0 Å². The van der Waals surface area contributed by atoms with Crippen LogP contribution in [0.1, 0.15) is 30.4 Å². The van der Waals surface area contributed by atoms with Gasteiger partial charge in [-0.1, -0.05) is 11.8 Å². The first-order chi connectivity index (χ1) is 9.58. The third-order valence-corrected chi connectivity index (χ3v) is 4.20. The van der Waals surface area contributed by atoms with E-state index in [0.29, 0.717) is 24.1 Å². The summed E-state index contributed by atoms with van der Waals surface area (Å²) in [5.74, 6) is 0.480. The summed E-state index contributed by atoms with van der Waals surface area (Å²) in [6.07, 6.45) is 0.521. The minimum Gasteiger partial charge on any atom is -0.416 e. The molecule has 1 amide bonds. The normalized spacial score (nSPS) is 12.3. The number of nitrogens with one attached hydrogen (secondary N) is 1. The van der Waals surface area contributed by atoms with Gasteiger partial charge in [-0.05, 0) is 20.8 Å². The van der Waals surface area contributed by atoms with E-state index in [4.69, 9.17) is 4.42 Å². The van der Waals surface area contributed by atoms with Gasteiger partial charge in [0.1, 0.15) is 0 Å². The summed E-state index contributed by atoms with van der Waals surface area (Å²) >= 11 is 2.85. The molecule has 2 rings (SSSR count). The fraction of sp³-hybridized carbons (Fsp3) is 0.500. The fourth-order valence-corrected chi connectivity index (χ4v) is 2.86.